The zero-order valence-corrected chi connectivity index (χ0v) is 12.6. The second kappa shape index (κ2) is 15.6. The van der Waals surface area contributed by atoms with E-state index < -0.39 is 0 Å². The molecule has 0 rings (SSSR count). The number of hydrogen-bond donors (Lipinski definition) is 1. The van der Waals surface area contributed by atoms with Crippen LogP contribution in [0.4, 0.5) is 0 Å². The largest absolute Gasteiger partial charge is 1.00 e. The number of rotatable bonds is 2. The minimum atomic E-state index is -0.307. The molecule has 3 N–H and O–H groups in total. The summed E-state index contributed by atoms with van der Waals surface area (Å²) in [4.78, 5) is 11.1. The Morgan fingerprint density at radius 1 is 0.909 bits per heavy atom. The van der Waals surface area contributed by atoms with E-state index in [0.29, 0.717) is 0 Å². The molecule has 0 aromatic heterocycles. The van der Waals surface area contributed by atoms with Crippen LogP contribution < -0.4 is 18.1 Å². The molecule has 1 atom stereocenters. The molecule has 0 heterocycles. The van der Waals surface area contributed by atoms with Gasteiger partial charge in [-0.15, -0.1) is 0 Å². The van der Waals surface area contributed by atoms with Crippen LogP contribution in [0, 0.1) is 0 Å². The van der Waals surface area contributed by atoms with Crippen molar-refractivity contribution in [2.45, 2.75) is 13.0 Å². The Kier molecular flexibility index (Phi) is 14.8. The van der Waals surface area contributed by atoms with Gasteiger partial charge in [0.15, 0.2) is 0 Å². The predicted molar refractivity (Wildman–Crippen MR) is 111 cm³/mol. The van der Waals surface area contributed by atoms with Gasteiger partial charge in [0.25, 0.3) is 0 Å². The summed E-state index contributed by atoms with van der Waals surface area (Å²) in [6, 6.07) is -0.307. The summed E-state index contributed by atoms with van der Waals surface area (Å²) >= 11 is 0. The first-order chi connectivity index (χ1) is 10.2. The fourth-order valence-corrected chi connectivity index (χ4v) is 0.642. The average Bonchev–Trinajstić information content (AvgIpc) is 2.47. The van der Waals surface area contributed by atoms with Gasteiger partial charge in [-0.2, -0.15) is 0 Å². The topological polar surface area (TPSA) is 44.7 Å². The van der Waals surface area contributed by atoms with E-state index in [1.54, 1.807) is 6.92 Å². The van der Waals surface area contributed by atoms with Crippen LogP contribution in [0.1, 0.15) is 29.7 Å². The zero-order valence-electron chi connectivity index (χ0n) is 11.9. The Balaban J connectivity index is -0.0000000147. The van der Waals surface area contributed by atoms with Gasteiger partial charge in [-0.1, -0.05) is 11.5 Å². The third kappa shape index (κ3) is 14.6. The monoisotopic (exact) mass is 335 g/mol. The van der Waals surface area contributed by atoms with E-state index in [4.69, 9.17) is 0 Å². The highest BCUT2D eigenvalue weighted by Crippen LogP contribution is 1.76. The third-order valence-corrected chi connectivity index (χ3v) is 1.55. The molecule has 0 radical (unpaired) electrons. The lowest BCUT2D eigenvalue weighted by atomic mass is 10.2. The van der Waals surface area contributed by atoms with Crippen molar-refractivity contribution < 1.29 is 45.8 Å². The lowest BCUT2D eigenvalue weighted by molar-refractivity contribution is -0.396. The first-order valence-corrected chi connectivity index (χ1v) is 5.66. The van der Waals surface area contributed by atoms with Crippen LogP contribution in [0.3, 0.4) is 0 Å². The van der Waals surface area contributed by atoms with Gasteiger partial charge in [0.05, 0.1) is 0 Å². The Hall–Kier alpha value is -3.42. The molecular weight excluding hydrogens is 294 g/mol. The Morgan fingerprint density at radius 3 is 1.64 bits per heavy atom. The highest BCUT2D eigenvalue weighted by molar-refractivity contribution is 5.92. The van der Waals surface area contributed by atoms with Crippen molar-refractivity contribution in [3.63, 3.8) is 0 Å². The van der Waals surface area contributed by atoms with Gasteiger partial charge in [-0.25, -0.2) is 0 Å². The summed E-state index contributed by atoms with van der Waals surface area (Å²) in [5.74, 6) is -0.135. The van der Waals surface area contributed by atoms with E-state index in [9.17, 15) is 4.79 Å². The summed E-state index contributed by atoms with van der Waals surface area (Å²) in [5.41, 5.74) is 38.1. The Bertz CT molecular complexity index is 977. The molecule has 0 unspecified atom stereocenters. The maximum atomic E-state index is 11.1. The van der Waals surface area contributed by atoms with Crippen molar-refractivity contribution in [1.82, 2.24) is 0 Å². The molecule has 22 heavy (non-hydrogen) atoms. The second-order valence-corrected chi connectivity index (χ2v) is 3.27. The van der Waals surface area contributed by atoms with E-state index in [0.717, 1.165) is 0 Å². The van der Waals surface area contributed by atoms with Crippen molar-refractivity contribution in [3.8, 4) is 0 Å². The Morgan fingerprint density at radius 2 is 1.27 bits per heavy atom. The maximum absolute atomic E-state index is 11.1. The molecule has 0 aromatic carbocycles. The number of ketones is 1. The smallest absolute Gasteiger partial charge is 0.220 e. The molecule has 0 fully saturated rings. The Labute approximate surface area is 158 Å². The number of carbonyl (C=O) groups is 1. The van der Waals surface area contributed by atoms with Crippen LogP contribution in [0.25, 0.3) is 0 Å². The van der Waals surface area contributed by atoms with Crippen molar-refractivity contribution >= 4 is 5.78 Å². The van der Waals surface area contributed by atoms with E-state index in [1.165, 1.54) is 6.08 Å². The van der Waals surface area contributed by atoms with E-state index in [2.05, 4.69) is 92.5 Å². The maximum Gasteiger partial charge on any atom is 0.220 e. The second-order valence-electron chi connectivity index (χ2n) is 3.27. The van der Waals surface area contributed by atoms with E-state index in [1.807, 2.05) is 0 Å². The number of hydrogen-bond acceptors (Lipinski definition) is 1. The van der Waals surface area contributed by atoms with Gasteiger partial charge in [0, 0.05) is 28.9 Å². The molecule has 0 saturated carbocycles. The molecule has 0 saturated heterocycles. The van der Waals surface area contributed by atoms with Crippen molar-refractivity contribution in [3.05, 3.63) is 92.9 Å². The van der Waals surface area contributed by atoms with Crippen LogP contribution in [-0.4, -0.2) is 11.8 Å². The number of halogens is 1. The van der Waals surface area contributed by atoms with Crippen LogP contribution in [0.15, 0.2) is 92.9 Å². The quantitative estimate of drug-likeness (QED) is 0.611. The summed E-state index contributed by atoms with van der Waals surface area (Å²) in [6.07, 6.45) is 1.25. The zero-order chi connectivity index (χ0) is 15.8. The molecule has 0 bridgehead atoms. The summed E-state index contributed by atoms with van der Waals surface area (Å²) < 4.78 is 0. The van der Waals surface area contributed by atoms with Crippen molar-refractivity contribution in [2.24, 2.45) is 0 Å². The minimum absolute atomic E-state index is 0. The van der Waals surface area contributed by atoms with Crippen LogP contribution in [0.2, 0.25) is 0 Å². The fourth-order valence-electron chi connectivity index (χ4n) is 0.642. The first-order valence-electron chi connectivity index (χ1n) is 5.66. The average molecular weight is 336 g/mol. The molecule has 0 aromatic rings. The van der Waals surface area contributed by atoms with Gasteiger partial charge in [-0.05, 0) is 82.3 Å². The van der Waals surface area contributed by atoms with Crippen LogP contribution in [-0.2, 0) is 4.79 Å². The summed E-state index contributed by atoms with van der Waals surface area (Å²) in [6.45, 7) is 4.99. The number of quaternary nitrogens is 1. The standard InChI is InChI=1S/C19H9NO.ClH.16H2/c1-3-4-5-6-7-8-9-10-11-12-13-14-15-16-17-19(21)18(2)20;;;;;;;;;;;;;;;;;/h17-18H,1,20H2,2H3;17*1H/t18-;;;;;;;;;;;;;;;;;/m0................./s1. The summed E-state index contributed by atoms with van der Waals surface area (Å²) in [7, 11) is 0. The molecule has 136 valence electrons. The summed E-state index contributed by atoms with van der Waals surface area (Å²) in [5, 5.41) is 0. The van der Waals surface area contributed by atoms with Crippen LogP contribution in [0.5, 0.6) is 0 Å². The fraction of sp³-hybridized carbons (Fsp3) is 0.105. The van der Waals surface area contributed by atoms with E-state index in [-0.39, 0.29) is 47.1 Å². The lowest BCUT2D eigenvalue weighted by Crippen LogP contribution is -3.00. The molecule has 0 aliphatic carbocycles. The van der Waals surface area contributed by atoms with E-state index >= 15 is 0 Å². The van der Waals surface area contributed by atoms with Crippen molar-refractivity contribution in [1.29, 1.82) is 0 Å². The van der Waals surface area contributed by atoms with Gasteiger partial charge in [0.2, 0.25) is 5.78 Å². The molecule has 3 heteroatoms. The van der Waals surface area contributed by atoms with Gasteiger partial charge >= 0.3 is 0 Å². The van der Waals surface area contributed by atoms with Crippen molar-refractivity contribution in [2.75, 3.05) is 0 Å². The molecule has 0 amide bonds. The first kappa shape index (κ1) is 20.9. The van der Waals surface area contributed by atoms with Gasteiger partial charge < -0.3 is 18.1 Å². The van der Waals surface area contributed by atoms with Gasteiger partial charge in [0.1, 0.15) is 6.04 Å². The van der Waals surface area contributed by atoms with Gasteiger partial charge in [-0.3, -0.25) is 4.79 Å². The lowest BCUT2D eigenvalue weighted by Gasteiger charge is -1.89. The highest BCUT2D eigenvalue weighted by atomic mass is 35.5. The molecule has 2 nitrogen and oxygen atoms in total. The molecule has 0 aliphatic heterocycles. The number of carbonyl (C=O) groups excluding carboxylic acids is 1. The SMILES string of the molecule is C=C=C=C=C=C=C=C=C=C=C=C=C=C=C=CC(=O)[C@H](C)[NH3+].[Cl-].[HH].[HH].[HH].[HH].[HH].[HH].[HH].[HH].[HH].[HH].[HH].[HH].[HH].[HH].[HH].[HH]. The molecule has 0 spiro atoms. The molecule has 0 aliphatic rings. The normalized spacial score (nSPS) is 6.64. The highest BCUT2D eigenvalue weighted by Gasteiger charge is 2.04. The minimum Gasteiger partial charge on any atom is -1.00 e. The van der Waals surface area contributed by atoms with Crippen LogP contribution >= 0.6 is 0 Å². The third-order valence-electron chi connectivity index (χ3n) is 1.55. The molecular formula is C19H42ClNO. The predicted octanol–water partition coefficient (Wildman–Crippen LogP) is 2.48.